The van der Waals surface area contributed by atoms with Crippen LogP contribution in [0.5, 0.6) is 17.5 Å². The molecule has 11 aromatic heterocycles. The van der Waals surface area contributed by atoms with E-state index in [4.69, 9.17) is 36.8 Å². The molecule has 1 aromatic carbocycles. The van der Waals surface area contributed by atoms with Gasteiger partial charge in [-0.3, -0.25) is 20.0 Å². The predicted molar refractivity (Wildman–Crippen MR) is 508 cm³/mol. The molecule has 12 rings (SSSR count). The third-order valence-corrected chi connectivity index (χ3v) is 17.7. The summed E-state index contributed by atoms with van der Waals surface area (Å²) in [6.45, 7) is 52.0. The van der Waals surface area contributed by atoms with Crippen LogP contribution in [0.3, 0.4) is 0 Å². The molecule has 0 fully saturated rings. The van der Waals surface area contributed by atoms with Gasteiger partial charge in [0.2, 0.25) is 47.9 Å². The van der Waals surface area contributed by atoms with Gasteiger partial charge in [-0.25, -0.2) is 54.8 Å². The number of rotatable bonds is 17. The third-order valence-electron chi connectivity index (χ3n) is 17.5. The maximum Gasteiger partial charge on any atom is 0.225 e. The topological polar surface area (TPSA) is 287 Å². The maximum atomic E-state index is 12.7. The smallest absolute Gasteiger partial charge is 0.225 e. The highest BCUT2D eigenvalue weighted by Gasteiger charge is 2.09. The van der Waals surface area contributed by atoms with Crippen LogP contribution in [-0.4, -0.2) is 104 Å². The molecule has 0 aliphatic rings. The lowest BCUT2D eigenvalue weighted by atomic mass is 10.0. The fourth-order valence-corrected chi connectivity index (χ4v) is 9.77. The molecule has 124 heavy (non-hydrogen) atoms. The number of pyridine rings is 8. The van der Waals surface area contributed by atoms with Gasteiger partial charge in [-0.2, -0.15) is 4.39 Å². The van der Waals surface area contributed by atoms with Crippen LogP contribution in [0.1, 0.15) is 312 Å². The summed E-state index contributed by atoms with van der Waals surface area (Å²) in [6.07, 6.45) is 22.6. The van der Waals surface area contributed by atoms with E-state index >= 15 is 0 Å². The Kier molecular flexibility index (Phi) is 56.1. The van der Waals surface area contributed by atoms with Crippen molar-refractivity contribution in [2.24, 2.45) is 0 Å². The van der Waals surface area contributed by atoms with E-state index in [9.17, 15) is 9.18 Å². The molecule has 22 nitrogen and oxygen atoms in total. The number of hydrogen-bond acceptors (Lipinski definition) is 20. The lowest BCUT2D eigenvalue weighted by Gasteiger charge is -2.05. The number of nitrogen functional groups attached to an aromatic ring is 1. The van der Waals surface area contributed by atoms with Crippen molar-refractivity contribution in [3.63, 3.8) is 0 Å². The van der Waals surface area contributed by atoms with Crippen molar-refractivity contribution in [2.45, 2.75) is 244 Å². The number of carbonyl (C=O) groups is 1. The second kappa shape index (κ2) is 63.1. The first-order valence-corrected chi connectivity index (χ1v) is 42.6. The Hall–Kier alpha value is -11.9. The van der Waals surface area contributed by atoms with E-state index in [0.717, 1.165) is 44.6 Å². The quantitative estimate of drug-likeness (QED) is 0.0374. The Balaban J connectivity index is 0.000000677. The van der Waals surface area contributed by atoms with Crippen LogP contribution in [0.25, 0.3) is 0 Å². The van der Waals surface area contributed by atoms with E-state index in [1.54, 1.807) is 83.0 Å². The van der Waals surface area contributed by atoms with Gasteiger partial charge in [-0.15, -0.1) is 0 Å². The number of nitrogens with zero attached hydrogens (tertiary/aromatic N) is 14. The van der Waals surface area contributed by atoms with Gasteiger partial charge in [-0.1, -0.05) is 245 Å². The third kappa shape index (κ3) is 49.3. The summed E-state index contributed by atoms with van der Waals surface area (Å²) in [5, 5.41) is 15.1. The molecule has 0 radical (unpaired) electrons. The first kappa shape index (κ1) is 110. The number of amides is 1. The van der Waals surface area contributed by atoms with Crippen LogP contribution >= 0.6 is 11.6 Å². The van der Waals surface area contributed by atoms with Crippen molar-refractivity contribution in [1.29, 1.82) is 0 Å². The number of ether oxygens (including phenoxy) is 3. The van der Waals surface area contributed by atoms with E-state index < -0.39 is 0 Å². The molecule has 0 saturated carbocycles. The van der Waals surface area contributed by atoms with Crippen LogP contribution in [0.4, 0.5) is 22.1 Å². The molecule has 1 amide bonds. The summed E-state index contributed by atoms with van der Waals surface area (Å²) in [6, 6.07) is 48.8. The average Bonchev–Trinajstić information content (AvgIpc) is 0.905. The minimum atomic E-state index is -0.350. The van der Waals surface area contributed by atoms with Gasteiger partial charge in [-0.05, 0) is 160 Å². The normalized spacial score (nSPS) is 10.2. The van der Waals surface area contributed by atoms with Crippen LogP contribution in [0.15, 0.2) is 232 Å². The van der Waals surface area contributed by atoms with E-state index in [-0.39, 0.29) is 17.8 Å². The number of anilines is 3. The van der Waals surface area contributed by atoms with Gasteiger partial charge in [0.1, 0.15) is 22.5 Å². The fourth-order valence-electron chi connectivity index (χ4n) is 9.65. The van der Waals surface area contributed by atoms with E-state index in [1.807, 2.05) is 161 Å². The molecule has 670 valence electrons. The molecule has 0 aliphatic heterocycles. The molecular weight excluding hydrogens is 1570 g/mol. The van der Waals surface area contributed by atoms with Crippen LogP contribution in [-0.2, 0) is 4.79 Å². The Morgan fingerprint density at radius 2 is 0.903 bits per heavy atom. The van der Waals surface area contributed by atoms with Crippen molar-refractivity contribution < 1.29 is 33.3 Å². The molecule has 0 aliphatic carbocycles. The van der Waals surface area contributed by atoms with Gasteiger partial charge in [0.05, 0.1) is 27.5 Å². The van der Waals surface area contributed by atoms with Crippen molar-refractivity contribution in [3.8, 4) is 17.5 Å². The van der Waals surface area contributed by atoms with Gasteiger partial charge in [0.15, 0.2) is 0 Å². The number of nitrogens with one attached hydrogen (secondary N) is 2. The van der Waals surface area contributed by atoms with Gasteiger partial charge in [0, 0.05) is 139 Å². The lowest BCUT2D eigenvalue weighted by Crippen LogP contribution is -2.28. The molecular formula is C100H142ClFN17O5+. The minimum Gasteiger partial charge on any atom is -0.495 e. The molecule has 0 saturated heterocycles. The lowest BCUT2D eigenvalue weighted by molar-refractivity contribution is -0.905. The SMILES string of the molecule is CC(=O)Nc1ccc(C(C)C)cn1.CC(C)c1ccc(Cl)nc1.CC(C)c1ccc[n+](O)c1.CC(C)c1ccccc1.CC(C)c1ccccn1.CC(C)c1cccnc1F.CC(C)c1ccnc(N)n1.CC(C)c1ncccn1.CNc1nccc(C(C)C)n1.COc1ccc(C(C)C)cn1.COc1cccc(C(C)C)n1.COc1cncc(C(C)C)c1. The summed E-state index contributed by atoms with van der Waals surface area (Å²) in [7, 11) is 6.73. The van der Waals surface area contributed by atoms with Gasteiger partial charge in [0.25, 0.3) is 0 Å². The number of aromatic nitrogens is 14. The zero-order valence-electron chi connectivity index (χ0n) is 79.0. The van der Waals surface area contributed by atoms with E-state index in [1.165, 1.54) is 40.9 Å². The van der Waals surface area contributed by atoms with Crippen molar-refractivity contribution in [2.75, 3.05) is 44.7 Å². The van der Waals surface area contributed by atoms with E-state index in [0.29, 0.717) is 105 Å². The van der Waals surface area contributed by atoms with Gasteiger partial charge >= 0.3 is 0 Å². The molecule has 11 heterocycles. The molecule has 12 aromatic rings. The summed E-state index contributed by atoms with van der Waals surface area (Å²) in [5.41, 5.74) is 17.8. The van der Waals surface area contributed by atoms with Crippen molar-refractivity contribution in [1.82, 2.24) is 64.8 Å². The van der Waals surface area contributed by atoms with E-state index in [2.05, 4.69) is 252 Å². The largest absolute Gasteiger partial charge is 0.495 e. The molecule has 0 unspecified atom stereocenters. The Bertz CT molecular complexity index is 4450. The molecule has 24 heteroatoms. The number of hydrogen-bond donors (Lipinski definition) is 4. The number of halogens is 2. The Morgan fingerprint density at radius 3 is 1.30 bits per heavy atom. The van der Waals surface area contributed by atoms with Crippen LogP contribution in [0, 0.1) is 5.95 Å². The predicted octanol–water partition coefficient (Wildman–Crippen LogP) is 24.8. The second-order valence-electron chi connectivity index (χ2n) is 31.9. The molecule has 5 N–H and O–H groups in total. The van der Waals surface area contributed by atoms with Crippen molar-refractivity contribution >= 4 is 35.2 Å². The second-order valence-corrected chi connectivity index (χ2v) is 32.3. The standard InChI is InChI=1S/C10H14N2O.3C9H13NO.C9H12.C8H10ClN.C8H10FN.C8H13N3.C8H12NO.C8H11N.C7H11N3.C7H10N2/c1-7(2)9-4-5-10(11-6-9)12-8(3)13;1-7(2)8-4-9(11-3)6-10-5-8;1-7(2)8-4-5-9(11-3)10-6-8;1-7(2)8-5-4-6-9(10-8)11-3;1-8(2)9-6-4-3-5-7-9;1-6(2)7-3-4-8(9)10-5-7;1-6(2)7-4-3-5-10-8(7)9;1-6(2)7-4-5-10-8(9-3)11-7;1-7(2)8-4-3-5-9(10)6-8;1-7(2)8-5-3-4-6-9-8;1-5(2)6-3-4-9-7(8)10-6;1-6(2)7-8-4-3-5-9-7/h4-7H,1-3H3,(H,11,12,13);3*4-7H,1-3H3;3-8H,1-2H3;2*3-6H,1-2H3;4-6H,1-3H3,(H,9,10,11);3-7,10H,1-2H3;3-7H,1-2H3;3-5H,1-2H3,(H2,8,9,10);3-6H,1-2H3/q;;;;;;;;+1;;;. The highest BCUT2D eigenvalue weighted by atomic mass is 35.5. The minimum absolute atomic E-state index is 0.0928. The molecule has 0 spiro atoms. The zero-order chi connectivity index (χ0) is 93.2. The number of methoxy groups -OCH3 is 3. The summed E-state index contributed by atoms with van der Waals surface area (Å²) < 4.78 is 28.8. The average molecular weight is 1720 g/mol. The number of nitrogens with two attached hydrogens (primary N) is 1. The maximum absolute atomic E-state index is 12.7. The van der Waals surface area contributed by atoms with Crippen molar-refractivity contribution in [3.05, 3.63) is 311 Å². The first-order chi connectivity index (χ1) is 58.8. The highest BCUT2D eigenvalue weighted by Crippen LogP contribution is 2.22. The highest BCUT2D eigenvalue weighted by molar-refractivity contribution is 6.29. The Labute approximate surface area is 746 Å². The summed E-state index contributed by atoms with van der Waals surface area (Å²) in [4.78, 5) is 63.1. The molecule has 0 atom stereocenters. The number of carbonyl (C=O) groups excluding carboxylic acids is 1. The Morgan fingerprint density at radius 1 is 0.403 bits per heavy atom. The molecule has 0 bridgehead atoms. The monoisotopic (exact) mass is 1720 g/mol. The van der Waals surface area contributed by atoms with Gasteiger partial charge < -0.3 is 30.6 Å². The van der Waals surface area contributed by atoms with Crippen LogP contribution < -0.4 is 35.3 Å². The summed E-state index contributed by atoms with van der Waals surface area (Å²) in [5.74, 6) is 10.0. The zero-order valence-corrected chi connectivity index (χ0v) is 79.8. The van der Waals surface area contributed by atoms with Crippen LogP contribution in [0.2, 0.25) is 5.15 Å². The number of benzene rings is 1. The first-order valence-electron chi connectivity index (χ1n) is 42.2. The summed E-state index contributed by atoms with van der Waals surface area (Å²) >= 11 is 5.61. The fraction of sp³-hybridized carbons (Fsp3) is 0.410.